The SMILES string of the molecule is CC[C@H](C)[C@H]1C(=O)OC1C(=O)NC(C(=O)NC(C(=O)NCc1ccccc1)C(C)C)C(C)C. The lowest BCUT2D eigenvalue weighted by Crippen LogP contribution is -2.61. The van der Waals surface area contributed by atoms with Gasteiger partial charge >= 0.3 is 5.97 Å². The summed E-state index contributed by atoms with van der Waals surface area (Å²) in [7, 11) is 0. The van der Waals surface area contributed by atoms with Crippen LogP contribution in [-0.2, 0) is 30.5 Å². The molecule has 33 heavy (non-hydrogen) atoms. The zero-order valence-corrected chi connectivity index (χ0v) is 20.4. The standard InChI is InChI=1S/C25H37N3O5/c1-7-16(6)18-21(33-25(18)32)24(31)28-20(15(4)5)23(30)27-19(14(2)3)22(29)26-13-17-11-9-8-10-12-17/h8-12,14-16,18-21H,7,13H2,1-6H3,(H,26,29)(H,27,30)(H,28,31)/t16-,18+,19?,20?,21?/m0/s1. The zero-order chi connectivity index (χ0) is 24.7. The van der Waals surface area contributed by atoms with E-state index < -0.39 is 35.9 Å². The second-order valence-electron chi connectivity index (χ2n) is 9.43. The summed E-state index contributed by atoms with van der Waals surface area (Å²) in [5.74, 6) is -2.49. The number of hydrogen-bond acceptors (Lipinski definition) is 5. The van der Waals surface area contributed by atoms with Gasteiger partial charge in [-0.15, -0.1) is 0 Å². The minimum atomic E-state index is -0.892. The molecule has 0 saturated carbocycles. The first-order chi connectivity index (χ1) is 15.6. The van der Waals surface area contributed by atoms with Crippen LogP contribution in [0.25, 0.3) is 0 Å². The number of esters is 1. The van der Waals surface area contributed by atoms with E-state index >= 15 is 0 Å². The van der Waals surface area contributed by atoms with Crippen molar-refractivity contribution in [2.75, 3.05) is 0 Å². The van der Waals surface area contributed by atoms with Crippen molar-refractivity contribution in [2.45, 2.75) is 72.7 Å². The second kappa shape index (κ2) is 11.8. The number of benzene rings is 1. The van der Waals surface area contributed by atoms with E-state index in [0.29, 0.717) is 6.54 Å². The quantitative estimate of drug-likeness (QED) is 0.439. The molecule has 3 amide bonds. The van der Waals surface area contributed by atoms with E-state index in [1.807, 2.05) is 71.9 Å². The van der Waals surface area contributed by atoms with E-state index in [2.05, 4.69) is 16.0 Å². The van der Waals surface area contributed by atoms with Gasteiger partial charge in [-0.2, -0.15) is 0 Å². The van der Waals surface area contributed by atoms with Gasteiger partial charge in [-0.3, -0.25) is 19.2 Å². The van der Waals surface area contributed by atoms with Crippen molar-refractivity contribution in [2.24, 2.45) is 23.7 Å². The molecule has 8 nitrogen and oxygen atoms in total. The average molecular weight is 460 g/mol. The Labute approximate surface area is 196 Å². The third kappa shape index (κ3) is 6.79. The van der Waals surface area contributed by atoms with Crippen LogP contribution in [0.3, 0.4) is 0 Å². The monoisotopic (exact) mass is 459 g/mol. The molecule has 1 aliphatic rings. The first kappa shape index (κ1) is 26.4. The molecule has 2 rings (SSSR count). The van der Waals surface area contributed by atoms with Crippen molar-refractivity contribution >= 4 is 23.7 Å². The van der Waals surface area contributed by atoms with Gasteiger partial charge in [0.15, 0.2) is 6.10 Å². The number of ether oxygens (including phenoxy) is 1. The fourth-order valence-corrected chi connectivity index (χ4v) is 3.77. The molecule has 1 fully saturated rings. The first-order valence-electron chi connectivity index (χ1n) is 11.7. The van der Waals surface area contributed by atoms with Crippen molar-refractivity contribution in [1.82, 2.24) is 16.0 Å². The number of cyclic esters (lactones) is 1. The highest BCUT2D eigenvalue weighted by Gasteiger charge is 2.50. The van der Waals surface area contributed by atoms with Crippen LogP contribution in [0.15, 0.2) is 30.3 Å². The van der Waals surface area contributed by atoms with Crippen LogP contribution in [0.1, 0.15) is 53.5 Å². The lowest BCUT2D eigenvalue weighted by Gasteiger charge is -2.38. The molecule has 8 heteroatoms. The predicted molar refractivity (Wildman–Crippen MR) is 125 cm³/mol. The van der Waals surface area contributed by atoms with E-state index in [1.165, 1.54) is 0 Å². The number of hydrogen-bond donors (Lipinski definition) is 3. The first-order valence-corrected chi connectivity index (χ1v) is 11.7. The summed E-state index contributed by atoms with van der Waals surface area (Å²) in [6, 6.07) is 7.89. The van der Waals surface area contributed by atoms with E-state index in [9.17, 15) is 19.2 Å². The van der Waals surface area contributed by atoms with Gasteiger partial charge in [-0.25, -0.2) is 0 Å². The van der Waals surface area contributed by atoms with E-state index in [-0.39, 0.29) is 29.6 Å². The Morgan fingerprint density at radius 2 is 1.48 bits per heavy atom. The molecule has 1 heterocycles. The van der Waals surface area contributed by atoms with Crippen molar-refractivity contribution in [1.29, 1.82) is 0 Å². The molecule has 0 spiro atoms. The van der Waals surface area contributed by atoms with Gasteiger partial charge in [0.2, 0.25) is 11.8 Å². The molecule has 0 radical (unpaired) electrons. The van der Waals surface area contributed by atoms with Gasteiger partial charge in [0.1, 0.15) is 18.0 Å². The van der Waals surface area contributed by atoms with E-state index in [1.54, 1.807) is 0 Å². The summed E-state index contributed by atoms with van der Waals surface area (Å²) in [6.07, 6.45) is -0.150. The summed E-state index contributed by atoms with van der Waals surface area (Å²) in [5, 5.41) is 8.39. The molecular formula is C25H37N3O5. The average Bonchev–Trinajstić information content (AvgIpc) is 2.77. The predicted octanol–water partition coefficient (Wildman–Crippen LogP) is 2.17. The Hall–Kier alpha value is -2.90. The fourth-order valence-electron chi connectivity index (χ4n) is 3.77. The van der Waals surface area contributed by atoms with Gasteiger partial charge in [-0.05, 0) is 23.3 Å². The van der Waals surface area contributed by atoms with Crippen LogP contribution >= 0.6 is 0 Å². The number of rotatable bonds is 11. The maximum Gasteiger partial charge on any atom is 0.314 e. The topological polar surface area (TPSA) is 114 Å². The zero-order valence-electron chi connectivity index (χ0n) is 20.4. The van der Waals surface area contributed by atoms with Crippen LogP contribution in [0, 0.1) is 23.7 Å². The molecule has 5 atom stereocenters. The Balaban J connectivity index is 2.02. The smallest absolute Gasteiger partial charge is 0.314 e. The highest BCUT2D eigenvalue weighted by molar-refractivity contribution is 5.97. The summed E-state index contributed by atoms with van der Waals surface area (Å²) >= 11 is 0. The van der Waals surface area contributed by atoms with Crippen molar-refractivity contribution in [3.05, 3.63) is 35.9 Å². The summed E-state index contributed by atoms with van der Waals surface area (Å²) in [4.78, 5) is 50.5. The van der Waals surface area contributed by atoms with Crippen molar-refractivity contribution in [3.8, 4) is 0 Å². The van der Waals surface area contributed by atoms with Crippen LogP contribution in [0.4, 0.5) is 0 Å². The van der Waals surface area contributed by atoms with Gasteiger partial charge in [0.25, 0.3) is 5.91 Å². The maximum atomic E-state index is 13.1. The molecular weight excluding hydrogens is 422 g/mol. The van der Waals surface area contributed by atoms with E-state index in [0.717, 1.165) is 12.0 Å². The lowest BCUT2D eigenvalue weighted by atomic mass is 9.82. The van der Waals surface area contributed by atoms with Crippen LogP contribution in [0.2, 0.25) is 0 Å². The van der Waals surface area contributed by atoms with Crippen LogP contribution in [0.5, 0.6) is 0 Å². The summed E-state index contributed by atoms with van der Waals surface area (Å²) in [6.45, 7) is 11.5. The van der Waals surface area contributed by atoms with Crippen LogP contribution < -0.4 is 16.0 Å². The Morgan fingerprint density at radius 3 is 2.00 bits per heavy atom. The van der Waals surface area contributed by atoms with Crippen molar-refractivity contribution in [3.63, 3.8) is 0 Å². The molecule has 0 aromatic heterocycles. The number of carbonyl (C=O) groups excluding carboxylic acids is 4. The van der Waals surface area contributed by atoms with Gasteiger partial charge in [0, 0.05) is 6.54 Å². The minimum absolute atomic E-state index is 0.00644. The molecule has 1 aromatic carbocycles. The highest BCUT2D eigenvalue weighted by atomic mass is 16.6. The summed E-state index contributed by atoms with van der Waals surface area (Å²) in [5.41, 5.74) is 0.956. The molecule has 3 N–H and O–H groups in total. The molecule has 182 valence electrons. The number of nitrogens with one attached hydrogen (secondary N) is 3. The summed E-state index contributed by atoms with van der Waals surface area (Å²) < 4.78 is 5.08. The molecule has 3 unspecified atom stereocenters. The van der Waals surface area contributed by atoms with Gasteiger partial charge in [0.05, 0.1) is 0 Å². The Morgan fingerprint density at radius 1 is 0.909 bits per heavy atom. The molecule has 1 aromatic rings. The third-order valence-electron chi connectivity index (χ3n) is 6.16. The van der Waals surface area contributed by atoms with Crippen LogP contribution in [-0.4, -0.2) is 41.9 Å². The van der Waals surface area contributed by atoms with E-state index in [4.69, 9.17) is 4.74 Å². The van der Waals surface area contributed by atoms with Gasteiger partial charge < -0.3 is 20.7 Å². The minimum Gasteiger partial charge on any atom is -0.451 e. The second-order valence-corrected chi connectivity index (χ2v) is 9.43. The highest BCUT2D eigenvalue weighted by Crippen LogP contribution is 2.31. The molecule has 0 aliphatic carbocycles. The van der Waals surface area contributed by atoms with Crippen molar-refractivity contribution < 1.29 is 23.9 Å². The largest absolute Gasteiger partial charge is 0.451 e. The number of amides is 3. The number of carbonyl (C=O) groups is 4. The lowest BCUT2D eigenvalue weighted by molar-refractivity contribution is -0.193. The molecule has 1 saturated heterocycles. The fraction of sp³-hybridized carbons (Fsp3) is 0.600. The Kier molecular flexibility index (Phi) is 9.44. The third-order valence-corrected chi connectivity index (χ3v) is 6.16. The van der Waals surface area contributed by atoms with Gasteiger partial charge in [-0.1, -0.05) is 78.3 Å². The normalized spacial score (nSPS) is 20.3. The molecule has 0 bridgehead atoms. The maximum absolute atomic E-state index is 13.1. The molecule has 1 aliphatic heterocycles. The Bertz CT molecular complexity index is 840.